The topological polar surface area (TPSA) is 25.8 Å². The number of rotatable bonds is 1. The normalized spacial score (nSPS) is 9.12. The highest BCUT2D eigenvalue weighted by Gasteiger charge is 1.84. The summed E-state index contributed by atoms with van der Waals surface area (Å²) in [7, 11) is 0. The highest BCUT2D eigenvalue weighted by molar-refractivity contribution is 4.85. The van der Waals surface area contributed by atoms with E-state index in [-0.39, 0.29) is 0 Å². The van der Waals surface area contributed by atoms with Crippen molar-refractivity contribution < 1.29 is 0 Å². The van der Waals surface area contributed by atoms with E-state index < -0.39 is 0 Å². The maximum Gasteiger partial charge on any atom is 0.128 e. The lowest BCUT2D eigenvalue weighted by Crippen LogP contribution is -1.88. The molecule has 0 bridgehead atoms. The van der Waals surface area contributed by atoms with Gasteiger partial charge in [0.15, 0.2) is 0 Å². The standard InChI is InChI=1S/C6H7N2/c1-2-6-7-4-3-5-8-6/h3-4H,2H2,1H3. The first-order chi connectivity index (χ1) is 3.93. The second-order valence-electron chi connectivity index (χ2n) is 1.46. The molecule has 41 valence electrons. The molecule has 0 amide bonds. The van der Waals surface area contributed by atoms with E-state index in [0.717, 1.165) is 12.2 Å². The fraction of sp³-hybridized carbons (Fsp3) is 0.333. The quantitative estimate of drug-likeness (QED) is 0.531. The maximum atomic E-state index is 3.95. The summed E-state index contributed by atoms with van der Waals surface area (Å²) < 4.78 is 0. The van der Waals surface area contributed by atoms with Crippen molar-refractivity contribution in [2.75, 3.05) is 0 Å². The van der Waals surface area contributed by atoms with Crippen molar-refractivity contribution in [2.45, 2.75) is 13.3 Å². The van der Waals surface area contributed by atoms with Gasteiger partial charge in [0.2, 0.25) is 0 Å². The highest BCUT2D eigenvalue weighted by atomic mass is 14.8. The second kappa shape index (κ2) is 2.40. The molecular weight excluding hydrogens is 100 g/mol. The van der Waals surface area contributed by atoms with E-state index in [1.54, 1.807) is 12.3 Å². The molecule has 1 aromatic rings. The van der Waals surface area contributed by atoms with E-state index >= 15 is 0 Å². The van der Waals surface area contributed by atoms with E-state index in [9.17, 15) is 0 Å². The minimum absolute atomic E-state index is 0.854. The molecule has 1 rings (SSSR count). The molecule has 0 spiro atoms. The van der Waals surface area contributed by atoms with Crippen LogP contribution < -0.4 is 0 Å². The monoisotopic (exact) mass is 107 g/mol. The Balaban J connectivity index is 2.83. The number of hydrogen-bond donors (Lipinski definition) is 0. The van der Waals surface area contributed by atoms with Crippen molar-refractivity contribution in [3.05, 3.63) is 24.3 Å². The van der Waals surface area contributed by atoms with Gasteiger partial charge in [0.05, 0.1) is 6.20 Å². The average Bonchev–Trinajstić information content (AvgIpc) is 1.90. The van der Waals surface area contributed by atoms with Crippen LogP contribution in [0.15, 0.2) is 12.3 Å². The Kier molecular flexibility index (Phi) is 1.57. The van der Waals surface area contributed by atoms with Crippen molar-refractivity contribution in [2.24, 2.45) is 0 Å². The van der Waals surface area contributed by atoms with Crippen LogP contribution in [-0.2, 0) is 6.42 Å². The summed E-state index contributed by atoms with van der Waals surface area (Å²) >= 11 is 0. The van der Waals surface area contributed by atoms with Gasteiger partial charge in [0, 0.05) is 12.6 Å². The van der Waals surface area contributed by atoms with Gasteiger partial charge in [-0.05, 0) is 6.07 Å². The van der Waals surface area contributed by atoms with Crippen LogP contribution in [0.4, 0.5) is 0 Å². The Morgan fingerprint density at radius 1 is 1.75 bits per heavy atom. The molecule has 0 aliphatic carbocycles. The van der Waals surface area contributed by atoms with Crippen LogP contribution in [0.3, 0.4) is 0 Å². The van der Waals surface area contributed by atoms with E-state index in [4.69, 9.17) is 0 Å². The van der Waals surface area contributed by atoms with Gasteiger partial charge in [0.1, 0.15) is 5.82 Å². The molecule has 1 heterocycles. The molecule has 0 atom stereocenters. The van der Waals surface area contributed by atoms with Gasteiger partial charge in [-0.1, -0.05) is 6.92 Å². The molecule has 1 aromatic heterocycles. The summed E-state index contributed by atoms with van der Waals surface area (Å²) in [5, 5.41) is 0. The molecular formula is C6H7N2. The van der Waals surface area contributed by atoms with Crippen LogP contribution in [-0.4, -0.2) is 9.97 Å². The van der Waals surface area contributed by atoms with Crippen LogP contribution in [0.5, 0.6) is 0 Å². The first kappa shape index (κ1) is 5.22. The van der Waals surface area contributed by atoms with E-state index in [1.165, 1.54) is 0 Å². The average molecular weight is 107 g/mol. The van der Waals surface area contributed by atoms with Crippen LogP contribution >= 0.6 is 0 Å². The molecule has 2 heteroatoms. The first-order valence-electron chi connectivity index (χ1n) is 2.61. The van der Waals surface area contributed by atoms with Gasteiger partial charge >= 0.3 is 0 Å². The third-order valence-electron chi connectivity index (χ3n) is 0.882. The zero-order valence-electron chi connectivity index (χ0n) is 4.76. The molecule has 0 aliphatic rings. The molecule has 0 aliphatic heterocycles. The number of nitrogens with zero attached hydrogens (tertiary/aromatic N) is 2. The maximum absolute atomic E-state index is 3.95. The van der Waals surface area contributed by atoms with E-state index in [2.05, 4.69) is 16.2 Å². The van der Waals surface area contributed by atoms with Crippen LogP contribution in [0.1, 0.15) is 12.7 Å². The molecule has 0 N–H and O–H groups in total. The lowest BCUT2D eigenvalue weighted by atomic mass is 10.4. The highest BCUT2D eigenvalue weighted by Crippen LogP contribution is 1.84. The van der Waals surface area contributed by atoms with Gasteiger partial charge in [-0.3, -0.25) is 0 Å². The molecule has 0 saturated heterocycles. The first-order valence-corrected chi connectivity index (χ1v) is 2.61. The predicted molar refractivity (Wildman–Crippen MR) is 30.2 cm³/mol. The lowest BCUT2D eigenvalue weighted by Gasteiger charge is -1.87. The molecule has 8 heavy (non-hydrogen) atoms. The van der Waals surface area contributed by atoms with Gasteiger partial charge in [-0.25, -0.2) is 9.97 Å². The molecule has 0 aromatic carbocycles. The summed E-state index contributed by atoms with van der Waals surface area (Å²) in [5.74, 6) is 0.854. The summed E-state index contributed by atoms with van der Waals surface area (Å²) in [6.07, 6.45) is 5.29. The lowest BCUT2D eigenvalue weighted by molar-refractivity contribution is 0.935. The molecule has 2 nitrogen and oxygen atoms in total. The van der Waals surface area contributed by atoms with Crippen molar-refractivity contribution >= 4 is 0 Å². The van der Waals surface area contributed by atoms with Crippen LogP contribution in [0.25, 0.3) is 0 Å². The zero-order chi connectivity index (χ0) is 5.82. The van der Waals surface area contributed by atoms with E-state index in [0.29, 0.717) is 0 Å². The number of aryl methyl sites for hydroxylation is 1. The van der Waals surface area contributed by atoms with Gasteiger partial charge < -0.3 is 0 Å². The van der Waals surface area contributed by atoms with Gasteiger partial charge in [-0.15, -0.1) is 0 Å². The molecule has 1 radical (unpaired) electrons. The van der Waals surface area contributed by atoms with Crippen molar-refractivity contribution in [1.29, 1.82) is 0 Å². The summed E-state index contributed by atoms with van der Waals surface area (Å²) in [4.78, 5) is 7.82. The summed E-state index contributed by atoms with van der Waals surface area (Å²) in [5.41, 5.74) is 0. The minimum Gasteiger partial charge on any atom is -0.241 e. The Morgan fingerprint density at radius 2 is 2.62 bits per heavy atom. The zero-order valence-corrected chi connectivity index (χ0v) is 4.76. The van der Waals surface area contributed by atoms with Crippen LogP contribution in [0.2, 0.25) is 0 Å². The number of aromatic nitrogens is 2. The van der Waals surface area contributed by atoms with Crippen molar-refractivity contribution in [1.82, 2.24) is 9.97 Å². The smallest absolute Gasteiger partial charge is 0.128 e. The Hall–Kier alpha value is -0.920. The molecule has 0 saturated carbocycles. The Labute approximate surface area is 48.6 Å². The third kappa shape index (κ3) is 1.03. The summed E-state index contributed by atoms with van der Waals surface area (Å²) in [6.45, 7) is 2.02. The largest absolute Gasteiger partial charge is 0.241 e. The SMILES string of the molecule is CCc1n[c]ccn1. The van der Waals surface area contributed by atoms with Crippen molar-refractivity contribution in [3.8, 4) is 0 Å². The fourth-order valence-corrected chi connectivity index (χ4v) is 0.468. The summed E-state index contributed by atoms with van der Waals surface area (Å²) in [6, 6.07) is 1.69. The van der Waals surface area contributed by atoms with Crippen LogP contribution in [0, 0.1) is 6.20 Å². The predicted octanol–water partition coefficient (Wildman–Crippen LogP) is 0.839. The fourth-order valence-electron chi connectivity index (χ4n) is 0.468. The Morgan fingerprint density at radius 3 is 3.00 bits per heavy atom. The third-order valence-corrected chi connectivity index (χ3v) is 0.882. The van der Waals surface area contributed by atoms with Gasteiger partial charge in [-0.2, -0.15) is 0 Å². The minimum atomic E-state index is 0.854. The van der Waals surface area contributed by atoms with Gasteiger partial charge in [0.25, 0.3) is 0 Å². The van der Waals surface area contributed by atoms with E-state index in [1.807, 2.05) is 6.92 Å². The Bertz CT molecular complexity index is 148. The molecule has 0 unspecified atom stereocenters. The second-order valence-corrected chi connectivity index (χ2v) is 1.46. The van der Waals surface area contributed by atoms with Crippen molar-refractivity contribution in [3.63, 3.8) is 0 Å². The molecule has 0 fully saturated rings. The number of hydrogen-bond acceptors (Lipinski definition) is 2.